The van der Waals surface area contributed by atoms with Crippen LogP contribution < -0.4 is 20.9 Å². The molecule has 0 aliphatic rings. The summed E-state index contributed by atoms with van der Waals surface area (Å²) in [5.74, 6) is 0.517. The molecule has 0 radical (unpaired) electrons. The van der Waals surface area contributed by atoms with Gasteiger partial charge in [-0.15, -0.1) is 0 Å². The number of hydrogen-bond donors (Lipinski definition) is 2. The Morgan fingerprint density at radius 3 is 2.59 bits per heavy atom. The van der Waals surface area contributed by atoms with Crippen molar-refractivity contribution in [3.63, 3.8) is 0 Å². The molecule has 2 heterocycles. The van der Waals surface area contributed by atoms with Gasteiger partial charge in [0.2, 0.25) is 0 Å². The SMILES string of the molecule is COc1cccc(-c2nc(C(N)=O)c3[nH]c(=O)n(-c4ccccc4OC)c3n2)c1. The molecule has 0 unspecified atom stereocenters. The fraction of sp³-hybridized carbons (Fsp3) is 0.100. The van der Waals surface area contributed by atoms with Gasteiger partial charge in [-0.2, -0.15) is 0 Å². The fourth-order valence-electron chi connectivity index (χ4n) is 3.09. The summed E-state index contributed by atoms with van der Waals surface area (Å²) >= 11 is 0. The molecule has 0 saturated heterocycles. The number of fused-ring (bicyclic) bond motifs is 1. The standard InChI is InChI=1S/C20H17N5O4/c1-28-12-7-5-6-11(10-12)18-22-15(17(21)26)16-19(24-18)25(20(27)23-16)13-8-3-4-9-14(13)29-2/h3-10H,1-2H3,(H2,21,26)(H,23,27). The number of carbonyl (C=O) groups excluding carboxylic acids is 1. The molecule has 0 spiro atoms. The number of methoxy groups -OCH3 is 2. The highest BCUT2D eigenvalue weighted by molar-refractivity contribution is 6.02. The summed E-state index contributed by atoms with van der Waals surface area (Å²) in [6.45, 7) is 0. The number of carbonyl (C=O) groups is 1. The van der Waals surface area contributed by atoms with Crippen molar-refractivity contribution >= 4 is 17.1 Å². The van der Waals surface area contributed by atoms with Crippen LogP contribution in [0, 0.1) is 0 Å². The summed E-state index contributed by atoms with van der Waals surface area (Å²) in [5, 5.41) is 0. The summed E-state index contributed by atoms with van der Waals surface area (Å²) < 4.78 is 11.9. The molecule has 9 heteroatoms. The number of rotatable bonds is 5. The first-order valence-corrected chi connectivity index (χ1v) is 8.64. The van der Waals surface area contributed by atoms with Crippen molar-refractivity contribution < 1.29 is 14.3 Å². The molecule has 29 heavy (non-hydrogen) atoms. The lowest BCUT2D eigenvalue weighted by Crippen LogP contribution is -2.16. The molecule has 0 fully saturated rings. The molecule has 0 aliphatic carbocycles. The zero-order valence-corrected chi connectivity index (χ0v) is 15.7. The van der Waals surface area contributed by atoms with Gasteiger partial charge in [-0.1, -0.05) is 24.3 Å². The zero-order chi connectivity index (χ0) is 20.5. The van der Waals surface area contributed by atoms with Crippen molar-refractivity contribution in [3.05, 3.63) is 64.7 Å². The van der Waals surface area contributed by atoms with Crippen molar-refractivity contribution in [3.8, 4) is 28.6 Å². The van der Waals surface area contributed by atoms with E-state index < -0.39 is 11.6 Å². The van der Waals surface area contributed by atoms with E-state index in [2.05, 4.69) is 15.0 Å². The van der Waals surface area contributed by atoms with Crippen molar-refractivity contribution in [1.82, 2.24) is 19.5 Å². The molecule has 1 amide bonds. The number of hydrogen-bond acceptors (Lipinski definition) is 6. The molecule has 0 atom stereocenters. The average Bonchev–Trinajstić information content (AvgIpc) is 3.08. The van der Waals surface area contributed by atoms with Gasteiger partial charge in [0, 0.05) is 5.56 Å². The Balaban J connectivity index is 2.06. The molecule has 0 aliphatic heterocycles. The van der Waals surface area contributed by atoms with E-state index in [0.717, 1.165) is 0 Å². The van der Waals surface area contributed by atoms with Crippen molar-refractivity contribution in [1.29, 1.82) is 0 Å². The molecule has 9 nitrogen and oxygen atoms in total. The van der Waals surface area contributed by atoms with Crippen molar-refractivity contribution in [2.24, 2.45) is 5.73 Å². The van der Waals surface area contributed by atoms with Crippen LogP contribution in [0.4, 0.5) is 0 Å². The van der Waals surface area contributed by atoms with Gasteiger partial charge in [-0.25, -0.2) is 19.3 Å². The largest absolute Gasteiger partial charge is 0.497 e. The Labute approximate surface area is 164 Å². The Bertz CT molecular complexity index is 1290. The van der Waals surface area contributed by atoms with Gasteiger partial charge < -0.3 is 20.2 Å². The molecular formula is C20H17N5O4. The first-order valence-electron chi connectivity index (χ1n) is 8.64. The Hall–Kier alpha value is -4.14. The zero-order valence-electron chi connectivity index (χ0n) is 15.7. The molecular weight excluding hydrogens is 374 g/mol. The van der Waals surface area contributed by atoms with Crippen LogP contribution in [0.1, 0.15) is 10.5 Å². The van der Waals surface area contributed by atoms with Crippen LogP contribution in [0.5, 0.6) is 11.5 Å². The third-order valence-corrected chi connectivity index (χ3v) is 4.42. The summed E-state index contributed by atoms with van der Waals surface area (Å²) in [6, 6.07) is 14.0. The van der Waals surface area contributed by atoms with Crippen molar-refractivity contribution in [2.75, 3.05) is 14.2 Å². The van der Waals surface area contributed by atoms with Crippen LogP contribution in [0.15, 0.2) is 53.3 Å². The van der Waals surface area contributed by atoms with Gasteiger partial charge in [0.15, 0.2) is 17.2 Å². The highest BCUT2D eigenvalue weighted by Gasteiger charge is 2.21. The maximum absolute atomic E-state index is 12.7. The second-order valence-electron chi connectivity index (χ2n) is 6.13. The lowest BCUT2D eigenvalue weighted by molar-refractivity contribution is 0.0997. The molecule has 0 saturated carbocycles. The number of nitrogens with one attached hydrogen (secondary N) is 1. The van der Waals surface area contributed by atoms with Crippen LogP contribution in [-0.4, -0.2) is 39.6 Å². The van der Waals surface area contributed by atoms with Crippen LogP contribution in [0.3, 0.4) is 0 Å². The average molecular weight is 391 g/mol. The minimum absolute atomic E-state index is 0.0847. The summed E-state index contributed by atoms with van der Waals surface area (Å²) in [6.07, 6.45) is 0. The highest BCUT2D eigenvalue weighted by Crippen LogP contribution is 2.27. The quantitative estimate of drug-likeness (QED) is 0.535. The molecule has 2 aromatic carbocycles. The number of H-pyrrole nitrogens is 1. The summed E-state index contributed by atoms with van der Waals surface area (Å²) in [4.78, 5) is 36.2. The summed E-state index contributed by atoms with van der Waals surface area (Å²) in [7, 11) is 3.05. The number of para-hydroxylation sites is 2. The van der Waals surface area contributed by atoms with Gasteiger partial charge in [0.25, 0.3) is 5.91 Å². The van der Waals surface area contributed by atoms with E-state index in [1.54, 1.807) is 55.6 Å². The third-order valence-electron chi connectivity index (χ3n) is 4.42. The van der Waals surface area contributed by atoms with Gasteiger partial charge >= 0.3 is 5.69 Å². The number of imidazole rings is 1. The van der Waals surface area contributed by atoms with E-state index in [0.29, 0.717) is 22.7 Å². The molecule has 0 bridgehead atoms. The predicted octanol–water partition coefficient (Wildman–Crippen LogP) is 1.89. The minimum atomic E-state index is -0.782. The number of aromatic amines is 1. The Morgan fingerprint density at radius 1 is 1.07 bits per heavy atom. The van der Waals surface area contributed by atoms with E-state index in [1.165, 1.54) is 11.7 Å². The number of nitrogens with two attached hydrogens (primary N) is 1. The molecule has 146 valence electrons. The lowest BCUT2D eigenvalue weighted by Gasteiger charge is -2.10. The van der Waals surface area contributed by atoms with E-state index in [1.807, 2.05) is 0 Å². The van der Waals surface area contributed by atoms with E-state index >= 15 is 0 Å². The van der Waals surface area contributed by atoms with Crippen LogP contribution >= 0.6 is 0 Å². The molecule has 4 aromatic rings. The van der Waals surface area contributed by atoms with Gasteiger partial charge in [-0.05, 0) is 24.3 Å². The smallest absolute Gasteiger partial charge is 0.332 e. The molecule has 4 rings (SSSR count). The van der Waals surface area contributed by atoms with E-state index in [4.69, 9.17) is 15.2 Å². The van der Waals surface area contributed by atoms with E-state index in [-0.39, 0.29) is 22.7 Å². The van der Waals surface area contributed by atoms with Crippen molar-refractivity contribution in [2.45, 2.75) is 0 Å². The molecule has 2 aromatic heterocycles. The minimum Gasteiger partial charge on any atom is -0.497 e. The number of nitrogens with zero attached hydrogens (tertiary/aromatic N) is 3. The van der Waals surface area contributed by atoms with Crippen LogP contribution in [0.2, 0.25) is 0 Å². The Morgan fingerprint density at radius 2 is 1.86 bits per heavy atom. The number of primary amides is 1. The van der Waals surface area contributed by atoms with E-state index in [9.17, 15) is 9.59 Å². The first-order chi connectivity index (χ1) is 14.0. The first kappa shape index (κ1) is 18.2. The number of amides is 1. The van der Waals surface area contributed by atoms with Gasteiger partial charge in [0.1, 0.15) is 17.0 Å². The number of benzene rings is 2. The fourth-order valence-corrected chi connectivity index (χ4v) is 3.09. The number of aromatic nitrogens is 4. The summed E-state index contributed by atoms with van der Waals surface area (Å²) in [5.41, 5.74) is 6.38. The third kappa shape index (κ3) is 3.08. The second-order valence-corrected chi connectivity index (χ2v) is 6.13. The second kappa shape index (κ2) is 7.12. The topological polar surface area (TPSA) is 125 Å². The lowest BCUT2D eigenvalue weighted by atomic mass is 10.2. The predicted molar refractivity (Wildman–Crippen MR) is 107 cm³/mol. The monoisotopic (exact) mass is 391 g/mol. The van der Waals surface area contributed by atoms with Crippen LogP contribution in [-0.2, 0) is 0 Å². The van der Waals surface area contributed by atoms with Crippen LogP contribution in [0.25, 0.3) is 28.2 Å². The normalized spacial score (nSPS) is 10.8. The maximum atomic E-state index is 12.7. The molecule has 3 N–H and O–H groups in total. The Kier molecular flexibility index (Phi) is 4.47. The van der Waals surface area contributed by atoms with Gasteiger partial charge in [0.05, 0.1) is 19.9 Å². The maximum Gasteiger partial charge on any atom is 0.332 e. The highest BCUT2D eigenvalue weighted by atomic mass is 16.5. The van der Waals surface area contributed by atoms with Gasteiger partial charge in [-0.3, -0.25) is 4.79 Å². The number of ether oxygens (including phenoxy) is 2.